The van der Waals surface area contributed by atoms with Gasteiger partial charge in [-0.1, -0.05) is 97.0 Å². The molecule has 3 amide bonds. The van der Waals surface area contributed by atoms with E-state index in [-0.39, 0.29) is 18.0 Å². The van der Waals surface area contributed by atoms with Gasteiger partial charge < -0.3 is 19.9 Å². The van der Waals surface area contributed by atoms with Crippen LogP contribution < -0.4 is 5.32 Å². The lowest BCUT2D eigenvalue weighted by molar-refractivity contribution is 0.0151. The second-order valence-electron chi connectivity index (χ2n) is 12.3. The van der Waals surface area contributed by atoms with Crippen LogP contribution in [0, 0.1) is 0 Å². The zero-order chi connectivity index (χ0) is 31.5. The van der Waals surface area contributed by atoms with E-state index in [2.05, 4.69) is 65.3 Å². The van der Waals surface area contributed by atoms with Crippen LogP contribution in [-0.2, 0) is 11.3 Å². The maximum atomic E-state index is 13.6. The number of carbonyl (C=O) groups excluding carboxylic acids is 2. The largest absolute Gasteiger partial charge is 0.444 e. The van der Waals surface area contributed by atoms with E-state index in [9.17, 15) is 9.59 Å². The van der Waals surface area contributed by atoms with Crippen LogP contribution in [0.2, 0.25) is 5.02 Å². The molecule has 1 heterocycles. The molecule has 1 saturated heterocycles. The van der Waals surface area contributed by atoms with E-state index in [0.717, 1.165) is 30.6 Å². The zero-order valence-corrected chi connectivity index (χ0v) is 26.9. The molecule has 0 atom stereocenters. The molecule has 1 aliphatic rings. The van der Waals surface area contributed by atoms with Crippen LogP contribution in [0.1, 0.15) is 49.8 Å². The molecule has 3 aromatic rings. The lowest BCUT2D eigenvalue weighted by Crippen LogP contribution is -2.50. The van der Waals surface area contributed by atoms with E-state index < -0.39 is 5.60 Å². The topological polar surface area (TPSA) is 65.1 Å². The molecule has 1 N–H and O–H groups in total. The molecule has 4 rings (SSSR count). The van der Waals surface area contributed by atoms with Gasteiger partial charge in [0.2, 0.25) is 0 Å². The molecule has 0 bridgehead atoms. The Balaban J connectivity index is 1.41. The number of nitrogens with zero attached hydrogens (tertiary/aromatic N) is 3. The molecular weight excluding hydrogens is 572 g/mol. The molecule has 0 radical (unpaired) electrons. The standard InChI is InChI=1S/C36H45ClN4O3/c1-28(26-39-21-23-40(24-22-39)35(43)44-36(2,3)4)27-41(34(42)38-25-31-17-11-12-18-33(31)37)20-19-32(29-13-7-5-8-14-29)30-15-9-6-10-16-30/h5-18,32H,1,19-27H2,2-4H3,(H,38,42). The second kappa shape index (κ2) is 15.8. The van der Waals surface area contributed by atoms with Crippen molar-refractivity contribution in [3.8, 4) is 0 Å². The Morgan fingerprint density at radius 1 is 0.909 bits per heavy atom. The molecule has 0 aliphatic carbocycles. The summed E-state index contributed by atoms with van der Waals surface area (Å²) >= 11 is 6.36. The van der Waals surface area contributed by atoms with Crippen LogP contribution in [-0.4, -0.2) is 78.2 Å². The Kier molecular flexibility index (Phi) is 11.9. The number of piperazine rings is 1. The number of amides is 3. The zero-order valence-electron chi connectivity index (χ0n) is 26.2. The van der Waals surface area contributed by atoms with Crippen molar-refractivity contribution in [2.75, 3.05) is 45.8 Å². The van der Waals surface area contributed by atoms with Gasteiger partial charge in [0.25, 0.3) is 0 Å². The van der Waals surface area contributed by atoms with Gasteiger partial charge in [0, 0.05) is 63.3 Å². The van der Waals surface area contributed by atoms with E-state index >= 15 is 0 Å². The molecule has 44 heavy (non-hydrogen) atoms. The highest BCUT2D eigenvalue weighted by molar-refractivity contribution is 6.31. The number of hydrogen-bond acceptors (Lipinski definition) is 4. The summed E-state index contributed by atoms with van der Waals surface area (Å²) in [7, 11) is 0. The van der Waals surface area contributed by atoms with Gasteiger partial charge in [-0.15, -0.1) is 0 Å². The highest BCUT2D eigenvalue weighted by Crippen LogP contribution is 2.28. The van der Waals surface area contributed by atoms with Gasteiger partial charge in [-0.25, -0.2) is 9.59 Å². The SMILES string of the molecule is C=C(CN1CCN(C(=O)OC(C)(C)C)CC1)CN(CCC(c1ccccc1)c1ccccc1)C(=O)NCc1ccccc1Cl. The predicted molar refractivity (Wildman–Crippen MR) is 178 cm³/mol. The van der Waals surface area contributed by atoms with Gasteiger partial charge in [0.1, 0.15) is 5.60 Å². The number of benzene rings is 3. The Morgan fingerprint density at radius 3 is 2.05 bits per heavy atom. The molecule has 7 nitrogen and oxygen atoms in total. The Bertz CT molecular complexity index is 1330. The number of urea groups is 1. The lowest BCUT2D eigenvalue weighted by Gasteiger charge is -2.36. The molecule has 8 heteroatoms. The van der Waals surface area contributed by atoms with E-state index in [4.69, 9.17) is 16.3 Å². The first-order valence-electron chi connectivity index (χ1n) is 15.3. The monoisotopic (exact) mass is 616 g/mol. The Hall–Kier alpha value is -3.81. The highest BCUT2D eigenvalue weighted by Gasteiger charge is 2.27. The smallest absolute Gasteiger partial charge is 0.410 e. The maximum Gasteiger partial charge on any atom is 0.410 e. The van der Waals surface area contributed by atoms with Gasteiger partial charge in [-0.2, -0.15) is 0 Å². The van der Waals surface area contributed by atoms with Crippen molar-refractivity contribution in [3.05, 3.63) is 119 Å². The third kappa shape index (κ3) is 10.1. The first-order chi connectivity index (χ1) is 21.1. The van der Waals surface area contributed by atoms with Crippen molar-refractivity contribution in [1.82, 2.24) is 20.0 Å². The summed E-state index contributed by atoms with van der Waals surface area (Å²) < 4.78 is 5.54. The minimum atomic E-state index is -0.515. The van der Waals surface area contributed by atoms with Crippen LogP contribution >= 0.6 is 11.6 Å². The van der Waals surface area contributed by atoms with Crippen LogP contribution in [0.5, 0.6) is 0 Å². The summed E-state index contributed by atoms with van der Waals surface area (Å²) in [4.78, 5) is 32.0. The molecule has 0 unspecified atom stereocenters. The minimum Gasteiger partial charge on any atom is -0.444 e. The van der Waals surface area contributed by atoms with Crippen LogP contribution in [0.15, 0.2) is 97.1 Å². The van der Waals surface area contributed by atoms with Crippen molar-refractivity contribution in [1.29, 1.82) is 0 Å². The van der Waals surface area contributed by atoms with Gasteiger partial charge in [-0.3, -0.25) is 4.90 Å². The number of ether oxygens (including phenoxy) is 1. The fraction of sp³-hybridized carbons (Fsp3) is 0.389. The normalized spacial score (nSPS) is 13.9. The van der Waals surface area contributed by atoms with Gasteiger partial charge in [0.05, 0.1) is 0 Å². The fourth-order valence-electron chi connectivity index (χ4n) is 5.41. The number of hydrogen-bond donors (Lipinski definition) is 1. The van der Waals surface area contributed by atoms with E-state index in [0.29, 0.717) is 44.3 Å². The molecule has 3 aromatic carbocycles. The first kappa shape index (κ1) is 33.1. The summed E-state index contributed by atoms with van der Waals surface area (Å²) in [6.07, 6.45) is 0.485. The minimum absolute atomic E-state index is 0.144. The van der Waals surface area contributed by atoms with E-state index in [1.807, 2.05) is 62.1 Å². The molecule has 1 fully saturated rings. The molecular formula is C36H45ClN4O3. The van der Waals surface area contributed by atoms with Crippen LogP contribution in [0.4, 0.5) is 9.59 Å². The summed E-state index contributed by atoms with van der Waals surface area (Å²) in [6, 6.07) is 28.3. The van der Waals surface area contributed by atoms with Crippen molar-refractivity contribution >= 4 is 23.7 Å². The molecule has 0 saturated carbocycles. The number of rotatable bonds is 11. The predicted octanol–water partition coefficient (Wildman–Crippen LogP) is 7.18. The Morgan fingerprint density at radius 2 is 1.48 bits per heavy atom. The van der Waals surface area contributed by atoms with Gasteiger partial charge >= 0.3 is 12.1 Å². The molecule has 234 valence electrons. The third-order valence-electron chi connectivity index (χ3n) is 7.65. The Labute approximate surface area is 267 Å². The number of halogens is 1. The highest BCUT2D eigenvalue weighted by atomic mass is 35.5. The summed E-state index contributed by atoms with van der Waals surface area (Å²) in [5, 5.41) is 3.71. The summed E-state index contributed by atoms with van der Waals surface area (Å²) in [5.74, 6) is 0.144. The van der Waals surface area contributed by atoms with Gasteiger partial charge in [0.15, 0.2) is 0 Å². The van der Waals surface area contributed by atoms with Crippen LogP contribution in [0.3, 0.4) is 0 Å². The quantitative estimate of drug-likeness (QED) is 0.232. The second-order valence-corrected chi connectivity index (χ2v) is 12.7. The average molecular weight is 617 g/mol. The number of carbonyl (C=O) groups is 2. The summed E-state index contributed by atoms with van der Waals surface area (Å²) in [6.45, 7) is 14.6. The van der Waals surface area contributed by atoms with Crippen molar-refractivity contribution in [2.24, 2.45) is 0 Å². The maximum absolute atomic E-state index is 13.6. The first-order valence-corrected chi connectivity index (χ1v) is 15.7. The molecule has 0 aromatic heterocycles. The fourth-order valence-corrected chi connectivity index (χ4v) is 5.61. The molecule has 1 aliphatic heterocycles. The van der Waals surface area contributed by atoms with E-state index in [1.165, 1.54) is 11.1 Å². The van der Waals surface area contributed by atoms with Crippen LogP contribution in [0.25, 0.3) is 0 Å². The van der Waals surface area contributed by atoms with Crippen molar-refractivity contribution in [3.63, 3.8) is 0 Å². The van der Waals surface area contributed by atoms with Crippen molar-refractivity contribution < 1.29 is 14.3 Å². The third-order valence-corrected chi connectivity index (χ3v) is 8.02. The molecule has 0 spiro atoms. The average Bonchev–Trinajstić information content (AvgIpc) is 3.00. The number of nitrogens with one attached hydrogen (secondary N) is 1. The lowest BCUT2D eigenvalue weighted by atomic mass is 9.88. The van der Waals surface area contributed by atoms with Gasteiger partial charge in [-0.05, 0) is 55.5 Å². The van der Waals surface area contributed by atoms with E-state index in [1.54, 1.807) is 4.90 Å². The summed E-state index contributed by atoms with van der Waals surface area (Å²) in [5.41, 5.74) is 3.74. The van der Waals surface area contributed by atoms with Crippen molar-refractivity contribution in [2.45, 2.75) is 45.3 Å².